The molecule has 3 nitrogen and oxygen atoms in total. The fraction of sp³-hybridized carbons (Fsp3) is 0.0741. The van der Waals surface area contributed by atoms with Gasteiger partial charge in [-0.05, 0) is 65.7 Å². The summed E-state index contributed by atoms with van der Waals surface area (Å²) in [7, 11) is 0. The summed E-state index contributed by atoms with van der Waals surface area (Å²) in [6.07, 6.45) is -4.76. The lowest BCUT2D eigenvalue weighted by Crippen LogP contribution is -2.13. The van der Waals surface area contributed by atoms with E-state index in [1.54, 1.807) is 53.1 Å². The van der Waals surface area contributed by atoms with Crippen LogP contribution in [0.4, 0.5) is 17.6 Å². The molecule has 5 aromatic rings. The topological polar surface area (TPSA) is 48.0 Å². The van der Waals surface area contributed by atoms with Gasteiger partial charge in [-0.2, -0.15) is 13.2 Å². The summed E-state index contributed by atoms with van der Waals surface area (Å²) in [5.41, 5.74) is 6.86. The Morgan fingerprint density at radius 3 is 2.47 bits per heavy atom. The first-order valence-corrected chi connectivity index (χ1v) is 11.4. The molecule has 0 bridgehead atoms. The van der Waals surface area contributed by atoms with Crippen molar-refractivity contribution in [1.82, 2.24) is 4.57 Å². The van der Waals surface area contributed by atoms with Gasteiger partial charge in [0.15, 0.2) is 0 Å². The highest BCUT2D eigenvalue weighted by Gasteiger charge is 2.34. The molecule has 0 fully saturated rings. The fourth-order valence-electron chi connectivity index (χ4n) is 4.43. The number of alkyl halides is 3. The smallest absolute Gasteiger partial charge is 0.366 e. The number of hydrogen-bond donors (Lipinski definition) is 1. The maximum Gasteiger partial charge on any atom is 0.416 e. The molecule has 1 heterocycles. The van der Waals surface area contributed by atoms with E-state index < -0.39 is 23.5 Å². The van der Waals surface area contributed by atoms with Crippen molar-refractivity contribution in [2.24, 2.45) is 5.73 Å². The molecule has 9 heteroatoms. The van der Waals surface area contributed by atoms with Crippen molar-refractivity contribution in [2.45, 2.75) is 12.7 Å². The van der Waals surface area contributed by atoms with Gasteiger partial charge in [-0.3, -0.25) is 4.79 Å². The molecular weight excluding hydrogens is 515 g/mol. The lowest BCUT2D eigenvalue weighted by atomic mass is 10.0. The highest BCUT2D eigenvalue weighted by Crippen LogP contribution is 2.38. The Hall–Kier alpha value is -3.55. The minimum Gasteiger partial charge on any atom is -0.366 e. The second-order valence-electron chi connectivity index (χ2n) is 8.22. The average molecular weight is 530 g/mol. The lowest BCUT2D eigenvalue weighted by molar-refractivity contribution is -0.138. The molecule has 1 aromatic heterocycles. The molecule has 0 aliphatic heterocycles. The third-order valence-electron chi connectivity index (χ3n) is 6.01. The number of nitrogens with two attached hydrogens (primary N) is 1. The number of benzene rings is 4. The molecule has 0 aliphatic rings. The molecule has 181 valence electrons. The van der Waals surface area contributed by atoms with E-state index in [4.69, 9.17) is 28.9 Å². The summed E-state index contributed by atoms with van der Waals surface area (Å²) >= 11 is 12.4. The van der Waals surface area contributed by atoms with Crippen LogP contribution in [0.5, 0.6) is 0 Å². The Kier molecular flexibility index (Phi) is 5.93. The molecule has 0 saturated carbocycles. The van der Waals surface area contributed by atoms with Crippen molar-refractivity contribution in [3.8, 4) is 11.1 Å². The Labute approximate surface area is 212 Å². The van der Waals surface area contributed by atoms with Crippen molar-refractivity contribution in [3.63, 3.8) is 0 Å². The number of hydrogen-bond acceptors (Lipinski definition) is 1. The Morgan fingerprint density at radius 2 is 1.78 bits per heavy atom. The first-order valence-electron chi connectivity index (χ1n) is 10.6. The van der Waals surface area contributed by atoms with Crippen LogP contribution in [-0.2, 0) is 12.7 Å². The Morgan fingerprint density at radius 1 is 1.00 bits per heavy atom. The molecule has 0 aliphatic carbocycles. The highest BCUT2D eigenvalue weighted by molar-refractivity contribution is 6.36. The maximum absolute atomic E-state index is 13.7. The minimum atomic E-state index is -4.76. The zero-order chi connectivity index (χ0) is 25.8. The van der Waals surface area contributed by atoms with Crippen molar-refractivity contribution < 1.29 is 22.4 Å². The van der Waals surface area contributed by atoms with Gasteiger partial charge >= 0.3 is 6.18 Å². The number of carbonyl (C=O) groups is 1. The SMILES string of the molecule is NC(=O)c1cccc2c1c1[c]cc(-c3ccc(Cl)cc3Cl)cc1n2Cc1ccc(F)cc1C(F)(F)F. The van der Waals surface area contributed by atoms with E-state index in [-0.39, 0.29) is 17.7 Å². The summed E-state index contributed by atoms with van der Waals surface area (Å²) in [6.45, 7) is -0.247. The average Bonchev–Trinajstić information content (AvgIpc) is 3.12. The highest BCUT2D eigenvalue weighted by atomic mass is 35.5. The van der Waals surface area contributed by atoms with Gasteiger partial charge in [-0.25, -0.2) is 4.39 Å². The van der Waals surface area contributed by atoms with Crippen LogP contribution in [0.25, 0.3) is 32.9 Å². The van der Waals surface area contributed by atoms with Crippen LogP contribution in [0, 0.1) is 11.9 Å². The van der Waals surface area contributed by atoms with E-state index in [1.807, 2.05) is 0 Å². The summed E-state index contributed by atoms with van der Waals surface area (Å²) in [6, 6.07) is 19.0. The Bertz CT molecular complexity index is 1670. The number of nitrogens with zero attached hydrogens (tertiary/aromatic N) is 1. The van der Waals surface area contributed by atoms with E-state index in [2.05, 4.69) is 6.07 Å². The molecule has 0 spiro atoms. The second kappa shape index (κ2) is 8.84. The van der Waals surface area contributed by atoms with Gasteiger partial charge < -0.3 is 10.3 Å². The van der Waals surface area contributed by atoms with Crippen molar-refractivity contribution >= 4 is 50.9 Å². The van der Waals surface area contributed by atoms with E-state index in [0.717, 1.165) is 12.1 Å². The van der Waals surface area contributed by atoms with Crippen molar-refractivity contribution in [2.75, 3.05) is 0 Å². The number of carbonyl (C=O) groups excluding carboxylic acids is 1. The summed E-state index contributed by atoms with van der Waals surface area (Å²) in [4.78, 5) is 12.2. The van der Waals surface area contributed by atoms with E-state index in [0.29, 0.717) is 49.0 Å². The van der Waals surface area contributed by atoms with Gasteiger partial charge in [0.05, 0.1) is 16.6 Å². The molecule has 0 unspecified atom stereocenters. The van der Waals surface area contributed by atoms with Crippen LogP contribution < -0.4 is 5.73 Å². The van der Waals surface area contributed by atoms with E-state index in [9.17, 15) is 22.4 Å². The third-order valence-corrected chi connectivity index (χ3v) is 6.56. The molecule has 2 N–H and O–H groups in total. The normalized spacial score (nSPS) is 11.9. The number of aromatic nitrogens is 1. The molecular formula is C27H15Cl2F4N2O. The van der Waals surface area contributed by atoms with Gasteiger partial charge in [0, 0.05) is 38.5 Å². The summed E-state index contributed by atoms with van der Waals surface area (Å²) < 4.78 is 56.6. The van der Waals surface area contributed by atoms with Gasteiger partial charge in [-0.1, -0.05) is 41.4 Å². The quantitative estimate of drug-likeness (QED) is 0.236. The number of halogens is 6. The second-order valence-corrected chi connectivity index (χ2v) is 9.07. The van der Waals surface area contributed by atoms with Crippen LogP contribution >= 0.6 is 23.2 Å². The number of primary amides is 1. The lowest BCUT2D eigenvalue weighted by Gasteiger charge is -2.15. The van der Waals surface area contributed by atoms with Crippen LogP contribution in [-0.4, -0.2) is 10.5 Å². The predicted octanol–water partition coefficient (Wildman–Crippen LogP) is 7.87. The third kappa shape index (κ3) is 4.18. The first kappa shape index (κ1) is 24.2. The molecule has 1 radical (unpaired) electrons. The summed E-state index contributed by atoms with van der Waals surface area (Å²) in [5.74, 6) is -1.67. The molecule has 1 amide bonds. The predicted molar refractivity (Wildman–Crippen MR) is 133 cm³/mol. The maximum atomic E-state index is 13.7. The molecule has 4 aromatic carbocycles. The van der Waals surface area contributed by atoms with Crippen LogP contribution in [0.2, 0.25) is 10.0 Å². The Balaban J connectivity index is 1.81. The number of rotatable bonds is 4. The first-order chi connectivity index (χ1) is 17.0. The molecule has 36 heavy (non-hydrogen) atoms. The fourth-order valence-corrected chi connectivity index (χ4v) is 4.95. The standard InChI is InChI=1S/C27H15Cl2F4N2O/c28-16-6-9-18(22(29)11-16)14-5-8-19-24(10-14)35(23-3-1-2-20(25(19)23)26(34)36)13-15-4-7-17(30)12-21(15)27(31,32)33/h1-7,9-12H,13H2,(H2,34,36). The van der Waals surface area contributed by atoms with Crippen LogP contribution in [0.3, 0.4) is 0 Å². The largest absolute Gasteiger partial charge is 0.416 e. The monoisotopic (exact) mass is 529 g/mol. The minimum absolute atomic E-state index is 0.137. The van der Waals surface area contributed by atoms with Crippen molar-refractivity contribution in [1.29, 1.82) is 0 Å². The van der Waals surface area contributed by atoms with Crippen LogP contribution in [0.1, 0.15) is 21.5 Å². The zero-order valence-electron chi connectivity index (χ0n) is 18.3. The molecule has 0 saturated heterocycles. The molecule has 0 atom stereocenters. The number of amides is 1. The van der Waals surface area contributed by atoms with Gasteiger partial charge in [0.2, 0.25) is 5.91 Å². The summed E-state index contributed by atoms with van der Waals surface area (Å²) in [5, 5.41) is 1.80. The molecule has 5 rings (SSSR count). The number of fused-ring (bicyclic) bond motifs is 3. The van der Waals surface area contributed by atoms with Gasteiger partial charge in [0.1, 0.15) is 5.82 Å². The van der Waals surface area contributed by atoms with Gasteiger partial charge in [-0.15, -0.1) is 0 Å². The van der Waals surface area contributed by atoms with Crippen LogP contribution in [0.15, 0.2) is 66.7 Å². The van der Waals surface area contributed by atoms with E-state index >= 15 is 0 Å². The zero-order valence-corrected chi connectivity index (χ0v) is 19.8. The van der Waals surface area contributed by atoms with Gasteiger partial charge in [0.25, 0.3) is 0 Å². The van der Waals surface area contributed by atoms with Crippen molar-refractivity contribution in [3.05, 3.63) is 105 Å². The van der Waals surface area contributed by atoms with E-state index in [1.165, 1.54) is 0 Å².